The smallest absolute Gasteiger partial charge is 0.369 e. The van der Waals surface area contributed by atoms with Crippen LogP contribution < -0.4 is 11.1 Å². The van der Waals surface area contributed by atoms with Crippen LogP contribution in [0.1, 0.15) is 28.4 Å². The standard InChI is InChI=1S/C31H24F6N4O2/c32-21-10-17(11-22(33)15-21)12-26(29-23(2-1-8-39-29)19-4-6-25(34)24(13-19)30(38)43)40-28(42)16-41-9-7-18-3-5-20(14-27(18)41)31(35,36)37/h1-11,13-15,24-26H,12,16H2,(H2,38,43)(H,40,42)/t24?,25?,26-/m0/s1. The first kappa shape index (κ1) is 29.6. The molecule has 6 nitrogen and oxygen atoms in total. The van der Waals surface area contributed by atoms with Gasteiger partial charge in [0.2, 0.25) is 11.8 Å². The zero-order valence-corrected chi connectivity index (χ0v) is 22.3. The molecule has 4 aromatic rings. The molecule has 2 amide bonds. The van der Waals surface area contributed by atoms with E-state index in [4.69, 9.17) is 5.73 Å². The topological polar surface area (TPSA) is 90.0 Å². The highest BCUT2D eigenvalue weighted by atomic mass is 19.4. The maximum atomic E-state index is 14.3. The van der Waals surface area contributed by atoms with Crippen LogP contribution in [0, 0.1) is 17.6 Å². The number of halogens is 6. The molecule has 0 aliphatic heterocycles. The van der Waals surface area contributed by atoms with Crippen LogP contribution in [0.15, 0.2) is 85.2 Å². The van der Waals surface area contributed by atoms with Crippen LogP contribution in [0.25, 0.3) is 16.5 Å². The van der Waals surface area contributed by atoms with Crippen LogP contribution in [-0.4, -0.2) is 27.5 Å². The highest BCUT2D eigenvalue weighted by Crippen LogP contribution is 2.33. The Balaban J connectivity index is 1.50. The average molecular weight is 599 g/mol. The number of aromatic nitrogens is 2. The van der Waals surface area contributed by atoms with E-state index in [-0.39, 0.29) is 29.7 Å². The van der Waals surface area contributed by atoms with Crippen LogP contribution in [0.2, 0.25) is 0 Å². The summed E-state index contributed by atoms with van der Waals surface area (Å²) in [5.74, 6) is -4.43. The minimum atomic E-state index is -4.58. The van der Waals surface area contributed by atoms with Crippen LogP contribution >= 0.6 is 0 Å². The zero-order chi connectivity index (χ0) is 30.9. The second-order valence-corrected chi connectivity index (χ2v) is 10.1. The molecule has 0 radical (unpaired) electrons. The van der Waals surface area contributed by atoms with Gasteiger partial charge >= 0.3 is 6.18 Å². The molecule has 2 heterocycles. The summed E-state index contributed by atoms with van der Waals surface area (Å²) in [4.78, 5) is 29.6. The van der Waals surface area contributed by atoms with Crippen LogP contribution in [0.5, 0.6) is 0 Å². The normalized spacial score (nSPS) is 17.5. The number of fused-ring (bicyclic) bond motifs is 1. The number of alkyl halides is 4. The lowest BCUT2D eigenvalue weighted by Crippen LogP contribution is -2.34. The fourth-order valence-electron chi connectivity index (χ4n) is 5.09. The van der Waals surface area contributed by atoms with Gasteiger partial charge in [0.1, 0.15) is 24.4 Å². The molecule has 1 aliphatic carbocycles. The van der Waals surface area contributed by atoms with Gasteiger partial charge in [0, 0.05) is 29.5 Å². The number of nitrogens with two attached hydrogens (primary N) is 1. The number of hydrogen-bond donors (Lipinski definition) is 2. The predicted octanol–water partition coefficient (Wildman–Crippen LogP) is 5.83. The molecule has 0 saturated carbocycles. The Bertz CT molecular complexity index is 1740. The minimum absolute atomic E-state index is 0.128. The van der Waals surface area contributed by atoms with E-state index in [1.165, 1.54) is 41.3 Å². The Morgan fingerprint density at radius 1 is 1.05 bits per heavy atom. The lowest BCUT2D eigenvalue weighted by molar-refractivity contribution is -0.137. The first-order chi connectivity index (χ1) is 20.4. The molecular weight excluding hydrogens is 574 g/mol. The Morgan fingerprint density at radius 3 is 2.49 bits per heavy atom. The molecule has 0 spiro atoms. The van der Waals surface area contributed by atoms with Crippen molar-refractivity contribution in [3.63, 3.8) is 0 Å². The Hall–Kier alpha value is -4.87. The summed E-state index contributed by atoms with van der Waals surface area (Å²) in [6.07, 6.45) is 0.515. The van der Waals surface area contributed by atoms with Crippen molar-refractivity contribution < 1.29 is 35.9 Å². The number of rotatable bonds is 8. The third-order valence-electron chi connectivity index (χ3n) is 7.08. The van der Waals surface area contributed by atoms with Crippen molar-refractivity contribution in [2.75, 3.05) is 0 Å². The second kappa shape index (κ2) is 11.8. The summed E-state index contributed by atoms with van der Waals surface area (Å²) in [5, 5.41) is 3.28. The van der Waals surface area contributed by atoms with Crippen LogP contribution in [0.4, 0.5) is 26.3 Å². The summed E-state index contributed by atoms with van der Waals surface area (Å²) < 4.78 is 83.7. The van der Waals surface area contributed by atoms with E-state index in [1.54, 1.807) is 18.2 Å². The van der Waals surface area contributed by atoms with Gasteiger partial charge in [0.05, 0.1) is 23.2 Å². The largest absolute Gasteiger partial charge is 0.416 e. The van der Waals surface area contributed by atoms with Crippen LogP contribution in [0.3, 0.4) is 0 Å². The number of amides is 2. The van der Waals surface area contributed by atoms with E-state index in [9.17, 15) is 35.9 Å². The molecule has 222 valence electrons. The summed E-state index contributed by atoms with van der Waals surface area (Å²) in [5.41, 5.74) is 5.90. The Morgan fingerprint density at radius 2 is 1.79 bits per heavy atom. The molecular formula is C31H24F6N4O2. The van der Waals surface area contributed by atoms with Crippen molar-refractivity contribution in [1.82, 2.24) is 14.9 Å². The minimum Gasteiger partial charge on any atom is -0.369 e. The van der Waals surface area contributed by atoms with E-state index < -0.39 is 53.3 Å². The first-order valence-corrected chi connectivity index (χ1v) is 13.1. The summed E-state index contributed by atoms with van der Waals surface area (Å²) >= 11 is 0. The summed E-state index contributed by atoms with van der Waals surface area (Å²) in [7, 11) is 0. The molecule has 2 aromatic carbocycles. The molecule has 12 heteroatoms. The van der Waals surface area contributed by atoms with Gasteiger partial charge < -0.3 is 15.6 Å². The third kappa shape index (κ3) is 6.63. The number of primary amides is 1. The fraction of sp³-hybridized carbons (Fsp3) is 0.194. The zero-order valence-electron chi connectivity index (χ0n) is 22.3. The number of allylic oxidation sites excluding steroid dienone is 3. The SMILES string of the molecule is NC(=O)C1C=C(c2cccnc2[C@H](Cc2cc(F)cc(F)c2)NC(=O)Cn2ccc3ccc(C(F)(F)F)cc32)C=CC1F. The van der Waals surface area contributed by atoms with Gasteiger partial charge in [-0.25, -0.2) is 13.2 Å². The van der Waals surface area contributed by atoms with Gasteiger partial charge in [-0.15, -0.1) is 0 Å². The molecule has 43 heavy (non-hydrogen) atoms. The van der Waals surface area contributed by atoms with Crippen molar-refractivity contribution in [2.24, 2.45) is 11.7 Å². The second-order valence-electron chi connectivity index (χ2n) is 10.1. The number of nitrogens with one attached hydrogen (secondary N) is 1. The molecule has 5 rings (SSSR count). The van der Waals surface area contributed by atoms with Gasteiger partial charge in [-0.2, -0.15) is 13.2 Å². The predicted molar refractivity (Wildman–Crippen MR) is 147 cm³/mol. The highest BCUT2D eigenvalue weighted by Gasteiger charge is 2.31. The number of carbonyl (C=O) groups is 2. The van der Waals surface area contributed by atoms with Crippen molar-refractivity contribution >= 4 is 28.3 Å². The van der Waals surface area contributed by atoms with Crippen LogP contribution in [-0.2, 0) is 28.7 Å². The molecule has 3 atom stereocenters. The first-order valence-electron chi connectivity index (χ1n) is 13.1. The maximum Gasteiger partial charge on any atom is 0.416 e. The highest BCUT2D eigenvalue weighted by molar-refractivity contribution is 5.87. The van der Waals surface area contributed by atoms with E-state index in [1.807, 2.05) is 0 Å². The Labute approximate surface area is 241 Å². The van der Waals surface area contributed by atoms with Gasteiger partial charge in [-0.1, -0.05) is 24.3 Å². The number of nitrogens with zero attached hydrogens (tertiary/aromatic N) is 2. The van der Waals surface area contributed by atoms with E-state index in [0.717, 1.165) is 24.3 Å². The monoisotopic (exact) mass is 598 g/mol. The quantitative estimate of drug-likeness (QED) is 0.250. The lowest BCUT2D eigenvalue weighted by Gasteiger charge is -2.24. The molecule has 2 aromatic heterocycles. The lowest BCUT2D eigenvalue weighted by atomic mass is 9.88. The van der Waals surface area contributed by atoms with Gasteiger partial charge in [0.15, 0.2) is 0 Å². The Kier molecular flexibility index (Phi) is 8.12. The summed E-state index contributed by atoms with van der Waals surface area (Å²) in [6.45, 7) is -0.378. The third-order valence-corrected chi connectivity index (χ3v) is 7.08. The molecule has 0 saturated heterocycles. The summed E-state index contributed by atoms with van der Waals surface area (Å²) in [6, 6.07) is 9.87. The van der Waals surface area contributed by atoms with Gasteiger partial charge in [-0.05, 0) is 65.4 Å². The van der Waals surface area contributed by atoms with E-state index in [0.29, 0.717) is 22.6 Å². The number of hydrogen-bond acceptors (Lipinski definition) is 3. The molecule has 0 bridgehead atoms. The molecule has 2 unspecified atom stereocenters. The van der Waals surface area contributed by atoms with Crippen molar-refractivity contribution in [2.45, 2.75) is 31.4 Å². The molecule has 0 fully saturated rings. The van der Waals surface area contributed by atoms with E-state index >= 15 is 0 Å². The van der Waals surface area contributed by atoms with Crippen molar-refractivity contribution in [3.8, 4) is 0 Å². The molecule has 3 N–H and O–H groups in total. The average Bonchev–Trinajstić information content (AvgIpc) is 3.33. The van der Waals surface area contributed by atoms with E-state index in [2.05, 4.69) is 10.3 Å². The number of carbonyl (C=O) groups excluding carboxylic acids is 2. The van der Waals surface area contributed by atoms with Gasteiger partial charge in [0.25, 0.3) is 0 Å². The molecule has 1 aliphatic rings. The maximum absolute atomic E-state index is 14.3. The van der Waals surface area contributed by atoms with Gasteiger partial charge in [-0.3, -0.25) is 14.6 Å². The van der Waals surface area contributed by atoms with Crippen molar-refractivity contribution in [1.29, 1.82) is 0 Å². The number of benzene rings is 2. The fourth-order valence-corrected chi connectivity index (χ4v) is 5.09. The van der Waals surface area contributed by atoms with Crippen molar-refractivity contribution in [3.05, 3.63) is 119 Å². The number of pyridine rings is 1.